The summed E-state index contributed by atoms with van der Waals surface area (Å²) in [6.07, 6.45) is -2.97. The van der Waals surface area contributed by atoms with E-state index >= 15 is 0 Å². The minimum Gasteiger partial charge on any atom is -0.508 e. The van der Waals surface area contributed by atoms with Crippen LogP contribution in [0.4, 0.5) is 14.5 Å². The molecule has 1 aromatic carbocycles. The number of benzene rings is 1. The Hall–Kier alpha value is -1.72. The lowest BCUT2D eigenvalue weighted by molar-refractivity contribution is -0.386. The number of nitro benzene ring substituents is 1. The van der Waals surface area contributed by atoms with Gasteiger partial charge in [-0.25, -0.2) is 8.78 Å². The number of halogens is 2. The summed E-state index contributed by atoms with van der Waals surface area (Å²) in [6.45, 7) is 0. The summed E-state index contributed by atoms with van der Waals surface area (Å²) in [7, 11) is 0. The average molecular weight is 189 g/mol. The van der Waals surface area contributed by atoms with E-state index in [1.54, 1.807) is 0 Å². The van der Waals surface area contributed by atoms with Crippen molar-refractivity contribution in [3.05, 3.63) is 33.9 Å². The number of nitrogens with zero attached hydrogens (tertiary/aromatic N) is 1. The van der Waals surface area contributed by atoms with E-state index in [0.29, 0.717) is 6.07 Å². The topological polar surface area (TPSA) is 63.4 Å². The molecule has 0 saturated carbocycles. The average Bonchev–Trinajstić information content (AvgIpc) is 2.03. The number of aromatic hydroxyl groups is 1. The molecule has 0 radical (unpaired) electrons. The number of hydrogen-bond acceptors (Lipinski definition) is 3. The molecule has 0 amide bonds. The van der Waals surface area contributed by atoms with Crippen molar-refractivity contribution in [1.82, 2.24) is 0 Å². The Labute approximate surface area is 71.6 Å². The second-order valence-electron chi connectivity index (χ2n) is 2.30. The number of hydrogen-bond donors (Lipinski definition) is 1. The van der Waals surface area contributed by atoms with Crippen LogP contribution >= 0.6 is 0 Å². The highest BCUT2D eigenvalue weighted by molar-refractivity contribution is 5.45. The van der Waals surface area contributed by atoms with E-state index in [-0.39, 0.29) is 0 Å². The molecule has 0 aliphatic heterocycles. The molecule has 0 fully saturated rings. The van der Waals surface area contributed by atoms with Gasteiger partial charge in [0.05, 0.1) is 10.5 Å². The molecule has 0 spiro atoms. The van der Waals surface area contributed by atoms with Gasteiger partial charge in [-0.05, 0) is 12.1 Å². The van der Waals surface area contributed by atoms with Crippen molar-refractivity contribution in [1.29, 1.82) is 0 Å². The number of alkyl halides is 2. The van der Waals surface area contributed by atoms with Crippen LogP contribution in [0.3, 0.4) is 0 Å². The molecule has 0 aromatic heterocycles. The Balaban J connectivity index is 3.26. The zero-order valence-corrected chi connectivity index (χ0v) is 6.28. The second kappa shape index (κ2) is 3.34. The van der Waals surface area contributed by atoms with Crippen LogP contribution in [-0.4, -0.2) is 10.0 Å². The van der Waals surface area contributed by atoms with E-state index in [0.717, 1.165) is 12.1 Å². The van der Waals surface area contributed by atoms with Crippen molar-refractivity contribution in [2.24, 2.45) is 0 Å². The van der Waals surface area contributed by atoms with Gasteiger partial charge in [-0.15, -0.1) is 0 Å². The Bertz CT molecular complexity index is 341. The number of phenolic OH excluding ortho intramolecular Hbond substituents is 1. The van der Waals surface area contributed by atoms with Gasteiger partial charge in [-0.2, -0.15) is 0 Å². The standard InChI is InChI=1S/C7H5F2NO3/c8-7(9)5-3-4(11)1-2-6(5)10(12)13/h1-3,7,11H. The molecule has 0 unspecified atom stereocenters. The molecular formula is C7H5F2NO3. The third kappa shape index (κ3) is 1.90. The lowest BCUT2D eigenvalue weighted by Crippen LogP contribution is -1.95. The molecule has 13 heavy (non-hydrogen) atoms. The third-order valence-electron chi connectivity index (χ3n) is 1.44. The quantitative estimate of drug-likeness (QED) is 0.573. The summed E-state index contributed by atoms with van der Waals surface area (Å²) < 4.78 is 24.3. The molecule has 0 heterocycles. The summed E-state index contributed by atoms with van der Waals surface area (Å²) >= 11 is 0. The van der Waals surface area contributed by atoms with Crippen LogP contribution in [0, 0.1) is 10.1 Å². The molecular weight excluding hydrogens is 184 g/mol. The van der Waals surface area contributed by atoms with E-state index in [4.69, 9.17) is 5.11 Å². The van der Waals surface area contributed by atoms with Gasteiger partial charge in [0, 0.05) is 6.07 Å². The first-order valence-corrected chi connectivity index (χ1v) is 3.28. The zero-order valence-electron chi connectivity index (χ0n) is 6.28. The fraction of sp³-hybridized carbons (Fsp3) is 0.143. The third-order valence-corrected chi connectivity index (χ3v) is 1.44. The molecule has 4 nitrogen and oxygen atoms in total. The van der Waals surface area contributed by atoms with E-state index in [2.05, 4.69) is 0 Å². The van der Waals surface area contributed by atoms with Gasteiger partial charge in [-0.3, -0.25) is 10.1 Å². The highest BCUT2D eigenvalue weighted by Gasteiger charge is 2.21. The molecule has 1 aromatic rings. The zero-order chi connectivity index (χ0) is 10.0. The Morgan fingerprint density at radius 1 is 1.46 bits per heavy atom. The molecule has 1 rings (SSSR count). The van der Waals surface area contributed by atoms with E-state index in [1.807, 2.05) is 0 Å². The van der Waals surface area contributed by atoms with Gasteiger partial charge < -0.3 is 5.11 Å². The van der Waals surface area contributed by atoms with E-state index in [9.17, 15) is 18.9 Å². The fourth-order valence-electron chi connectivity index (χ4n) is 0.883. The highest BCUT2D eigenvalue weighted by atomic mass is 19.3. The second-order valence-corrected chi connectivity index (χ2v) is 2.30. The Morgan fingerprint density at radius 3 is 2.54 bits per heavy atom. The molecule has 0 aliphatic rings. The van der Waals surface area contributed by atoms with E-state index < -0.39 is 28.3 Å². The summed E-state index contributed by atoms with van der Waals surface area (Å²) in [5.74, 6) is -0.416. The lowest BCUT2D eigenvalue weighted by atomic mass is 10.2. The van der Waals surface area contributed by atoms with Crippen LogP contribution in [0.25, 0.3) is 0 Å². The lowest BCUT2D eigenvalue weighted by Gasteiger charge is -2.01. The molecule has 1 N–H and O–H groups in total. The molecule has 0 atom stereocenters. The number of rotatable bonds is 2. The van der Waals surface area contributed by atoms with Gasteiger partial charge in [-0.1, -0.05) is 0 Å². The number of nitro groups is 1. The first-order chi connectivity index (χ1) is 6.02. The van der Waals surface area contributed by atoms with Crippen LogP contribution in [0.1, 0.15) is 12.0 Å². The van der Waals surface area contributed by atoms with Crippen molar-refractivity contribution in [3.63, 3.8) is 0 Å². The SMILES string of the molecule is O=[N+]([O-])c1ccc(O)cc1C(F)F. The molecule has 0 saturated heterocycles. The van der Waals surface area contributed by atoms with Crippen molar-refractivity contribution in [2.75, 3.05) is 0 Å². The van der Waals surface area contributed by atoms with Crippen LogP contribution in [0.2, 0.25) is 0 Å². The minimum absolute atomic E-state index is 0.416. The maximum atomic E-state index is 12.2. The van der Waals surface area contributed by atoms with Crippen LogP contribution < -0.4 is 0 Å². The van der Waals surface area contributed by atoms with Crippen LogP contribution in [0.15, 0.2) is 18.2 Å². The minimum atomic E-state index is -2.97. The molecule has 0 bridgehead atoms. The van der Waals surface area contributed by atoms with Crippen molar-refractivity contribution < 1.29 is 18.8 Å². The van der Waals surface area contributed by atoms with Crippen molar-refractivity contribution in [3.8, 4) is 5.75 Å². The molecule has 70 valence electrons. The summed E-state index contributed by atoms with van der Waals surface area (Å²) in [4.78, 5) is 9.31. The highest BCUT2D eigenvalue weighted by Crippen LogP contribution is 2.31. The predicted octanol–water partition coefficient (Wildman–Crippen LogP) is 2.24. The Morgan fingerprint density at radius 2 is 2.08 bits per heavy atom. The smallest absolute Gasteiger partial charge is 0.278 e. The van der Waals surface area contributed by atoms with Gasteiger partial charge in [0.15, 0.2) is 0 Å². The predicted molar refractivity (Wildman–Crippen MR) is 39.7 cm³/mol. The van der Waals surface area contributed by atoms with Crippen molar-refractivity contribution in [2.45, 2.75) is 6.43 Å². The van der Waals surface area contributed by atoms with Crippen LogP contribution in [-0.2, 0) is 0 Å². The van der Waals surface area contributed by atoms with E-state index in [1.165, 1.54) is 0 Å². The first kappa shape index (κ1) is 9.37. The fourth-order valence-corrected chi connectivity index (χ4v) is 0.883. The van der Waals surface area contributed by atoms with Gasteiger partial charge in [0.1, 0.15) is 5.75 Å². The van der Waals surface area contributed by atoms with Gasteiger partial charge in [0.2, 0.25) is 0 Å². The summed E-state index contributed by atoms with van der Waals surface area (Å²) in [5.41, 5.74) is -1.46. The Kier molecular flexibility index (Phi) is 2.41. The van der Waals surface area contributed by atoms with Gasteiger partial charge >= 0.3 is 0 Å². The molecule has 0 aliphatic carbocycles. The van der Waals surface area contributed by atoms with Crippen LogP contribution in [0.5, 0.6) is 5.75 Å². The van der Waals surface area contributed by atoms with Gasteiger partial charge in [0.25, 0.3) is 12.1 Å². The summed E-state index contributed by atoms with van der Waals surface area (Å²) in [6, 6.07) is 2.52. The molecule has 6 heteroatoms. The monoisotopic (exact) mass is 189 g/mol. The largest absolute Gasteiger partial charge is 0.508 e. The first-order valence-electron chi connectivity index (χ1n) is 3.28. The normalized spacial score (nSPS) is 10.4. The summed E-state index contributed by atoms with van der Waals surface area (Å²) in [5, 5.41) is 19.0. The maximum absolute atomic E-state index is 12.2. The van der Waals surface area contributed by atoms with Crippen molar-refractivity contribution >= 4 is 5.69 Å². The number of phenols is 1. The maximum Gasteiger partial charge on any atom is 0.278 e.